The third kappa shape index (κ3) is 1.64. The summed E-state index contributed by atoms with van der Waals surface area (Å²) in [5.74, 6) is 0.988. The molecule has 0 radical (unpaired) electrons. The first kappa shape index (κ1) is 10.1. The molecule has 17 heavy (non-hydrogen) atoms. The quantitative estimate of drug-likeness (QED) is 0.811. The molecule has 0 saturated carbocycles. The number of nitrogen functional groups attached to an aromatic ring is 1. The number of aryl methyl sites for hydroxylation is 1. The number of anilines is 3. The number of benzene rings is 1. The molecule has 1 aromatic heterocycles. The molecule has 3 nitrogen and oxygen atoms in total. The number of aromatic nitrogens is 1. The molecule has 1 aliphatic heterocycles. The number of fused-ring (bicyclic) bond motifs is 1. The van der Waals surface area contributed by atoms with E-state index in [2.05, 4.69) is 40.2 Å². The van der Waals surface area contributed by atoms with E-state index in [1.54, 1.807) is 6.20 Å². The maximum atomic E-state index is 5.80. The number of para-hydroxylation sites is 1. The van der Waals surface area contributed by atoms with Crippen molar-refractivity contribution < 1.29 is 0 Å². The van der Waals surface area contributed by atoms with E-state index in [9.17, 15) is 0 Å². The lowest BCUT2D eigenvalue weighted by Gasteiger charge is -2.19. The van der Waals surface area contributed by atoms with Gasteiger partial charge in [-0.05, 0) is 36.6 Å². The van der Waals surface area contributed by atoms with E-state index in [4.69, 9.17) is 5.73 Å². The lowest BCUT2D eigenvalue weighted by Crippen LogP contribution is -2.15. The Labute approximate surface area is 101 Å². The van der Waals surface area contributed by atoms with Crippen molar-refractivity contribution in [1.82, 2.24) is 4.98 Å². The average molecular weight is 225 g/mol. The van der Waals surface area contributed by atoms with Gasteiger partial charge in [-0.2, -0.15) is 0 Å². The number of rotatable bonds is 1. The van der Waals surface area contributed by atoms with Gasteiger partial charge < -0.3 is 10.6 Å². The van der Waals surface area contributed by atoms with Crippen LogP contribution in [0.15, 0.2) is 36.5 Å². The van der Waals surface area contributed by atoms with Gasteiger partial charge in [-0.15, -0.1) is 0 Å². The lowest BCUT2D eigenvalue weighted by molar-refractivity contribution is 0.973. The third-order valence-electron chi connectivity index (χ3n) is 3.30. The van der Waals surface area contributed by atoms with Crippen LogP contribution >= 0.6 is 0 Å². The fourth-order valence-electron chi connectivity index (χ4n) is 2.28. The van der Waals surface area contributed by atoms with Crippen LogP contribution in [0.1, 0.15) is 11.1 Å². The minimum Gasteiger partial charge on any atom is -0.397 e. The summed E-state index contributed by atoms with van der Waals surface area (Å²) in [7, 11) is 0. The summed E-state index contributed by atoms with van der Waals surface area (Å²) < 4.78 is 0. The Kier molecular flexibility index (Phi) is 2.25. The molecule has 0 unspecified atom stereocenters. The van der Waals surface area contributed by atoms with E-state index in [0.29, 0.717) is 0 Å². The number of nitrogens with zero attached hydrogens (tertiary/aromatic N) is 2. The van der Waals surface area contributed by atoms with Crippen molar-refractivity contribution in [3.8, 4) is 0 Å². The molecule has 3 heteroatoms. The van der Waals surface area contributed by atoms with Crippen molar-refractivity contribution in [2.24, 2.45) is 0 Å². The topological polar surface area (TPSA) is 42.2 Å². The van der Waals surface area contributed by atoms with Gasteiger partial charge in [0.05, 0.1) is 11.9 Å². The standard InChI is InChI=1S/C14H15N3/c1-10-8-14(16-9-12(10)15)17-7-6-11-4-2-3-5-13(11)17/h2-5,8-9H,6-7,15H2,1H3. The molecule has 0 spiro atoms. The monoisotopic (exact) mass is 225 g/mol. The SMILES string of the molecule is Cc1cc(N2CCc3ccccc32)ncc1N. The summed E-state index contributed by atoms with van der Waals surface area (Å²) >= 11 is 0. The van der Waals surface area contributed by atoms with Crippen LogP contribution in [0, 0.1) is 6.92 Å². The molecule has 0 aliphatic carbocycles. The van der Waals surface area contributed by atoms with Gasteiger partial charge in [-0.3, -0.25) is 0 Å². The summed E-state index contributed by atoms with van der Waals surface area (Å²) in [6, 6.07) is 10.5. The maximum absolute atomic E-state index is 5.80. The van der Waals surface area contributed by atoms with Crippen LogP contribution in [0.25, 0.3) is 0 Å². The van der Waals surface area contributed by atoms with E-state index in [1.807, 2.05) is 6.92 Å². The summed E-state index contributed by atoms with van der Waals surface area (Å²) in [6.45, 7) is 3.01. The summed E-state index contributed by atoms with van der Waals surface area (Å²) in [4.78, 5) is 6.67. The molecule has 0 amide bonds. The first-order chi connectivity index (χ1) is 8.25. The van der Waals surface area contributed by atoms with E-state index in [-0.39, 0.29) is 0 Å². The molecule has 2 aromatic rings. The molecule has 2 heterocycles. The largest absolute Gasteiger partial charge is 0.397 e. The Balaban J connectivity index is 2.04. The zero-order valence-corrected chi connectivity index (χ0v) is 9.85. The minimum atomic E-state index is 0.751. The summed E-state index contributed by atoms with van der Waals surface area (Å²) in [6.07, 6.45) is 2.83. The number of pyridine rings is 1. The van der Waals surface area contributed by atoms with Crippen molar-refractivity contribution in [1.29, 1.82) is 0 Å². The van der Waals surface area contributed by atoms with Crippen LogP contribution in [0.4, 0.5) is 17.2 Å². The van der Waals surface area contributed by atoms with E-state index >= 15 is 0 Å². The Morgan fingerprint density at radius 3 is 2.94 bits per heavy atom. The van der Waals surface area contributed by atoms with Gasteiger partial charge in [-0.1, -0.05) is 18.2 Å². The minimum absolute atomic E-state index is 0.751. The third-order valence-corrected chi connectivity index (χ3v) is 3.30. The van der Waals surface area contributed by atoms with Crippen LogP contribution in [0.2, 0.25) is 0 Å². The molecule has 0 atom stereocenters. The van der Waals surface area contributed by atoms with Crippen molar-refractivity contribution in [3.63, 3.8) is 0 Å². The van der Waals surface area contributed by atoms with Gasteiger partial charge in [0.25, 0.3) is 0 Å². The van der Waals surface area contributed by atoms with Crippen LogP contribution < -0.4 is 10.6 Å². The zero-order valence-electron chi connectivity index (χ0n) is 9.85. The molecule has 0 fully saturated rings. The zero-order chi connectivity index (χ0) is 11.8. The van der Waals surface area contributed by atoms with Gasteiger partial charge in [0.15, 0.2) is 0 Å². The van der Waals surface area contributed by atoms with E-state index in [1.165, 1.54) is 11.3 Å². The molecule has 0 saturated heterocycles. The predicted octanol–water partition coefficient (Wildman–Crippen LogP) is 2.67. The Morgan fingerprint density at radius 2 is 2.12 bits per heavy atom. The molecule has 86 valence electrons. The molecular weight excluding hydrogens is 210 g/mol. The molecule has 3 rings (SSSR count). The van der Waals surface area contributed by atoms with Crippen LogP contribution in [-0.4, -0.2) is 11.5 Å². The van der Waals surface area contributed by atoms with Crippen molar-refractivity contribution in [2.45, 2.75) is 13.3 Å². The molecule has 2 N–H and O–H groups in total. The summed E-state index contributed by atoms with van der Waals surface area (Å²) in [5, 5.41) is 0. The van der Waals surface area contributed by atoms with Crippen molar-refractivity contribution in [3.05, 3.63) is 47.7 Å². The second kappa shape index (κ2) is 3.77. The second-order valence-electron chi connectivity index (χ2n) is 4.43. The normalized spacial score (nSPS) is 13.8. The fraction of sp³-hybridized carbons (Fsp3) is 0.214. The number of hydrogen-bond donors (Lipinski definition) is 1. The van der Waals surface area contributed by atoms with Crippen LogP contribution in [0.5, 0.6) is 0 Å². The fourth-order valence-corrected chi connectivity index (χ4v) is 2.28. The van der Waals surface area contributed by atoms with Gasteiger partial charge in [0.1, 0.15) is 5.82 Å². The molecule has 1 aliphatic rings. The number of nitrogens with two attached hydrogens (primary N) is 1. The Bertz CT molecular complexity index is 563. The smallest absolute Gasteiger partial charge is 0.133 e. The first-order valence-corrected chi connectivity index (χ1v) is 5.83. The van der Waals surface area contributed by atoms with Crippen molar-refractivity contribution >= 4 is 17.2 Å². The predicted molar refractivity (Wildman–Crippen MR) is 70.5 cm³/mol. The highest BCUT2D eigenvalue weighted by molar-refractivity contribution is 5.68. The van der Waals surface area contributed by atoms with Crippen molar-refractivity contribution in [2.75, 3.05) is 17.2 Å². The van der Waals surface area contributed by atoms with Gasteiger partial charge in [-0.25, -0.2) is 4.98 Å². The van der Waals surface area contributed by atoms with Crippen LogP contribution in [0.3, 0.4) is 0 Å². The summed E-state index contributed by atoms with van der Waals surface area (Å²) in [5.41, 5.74) is 10.3. The average Bonchev–Trinajstić information content (AvgIpc) is 2.76. The highest BCUT2D eigenvalue weighted by Gasteiger charge is 2.20. The molecule has 1 aromatic carbocycles. The molecule has 0 bridgehead atoms. The van der Waals surface area contributed by atoms with Gasteiger partial charge >= 0.3 is 0 Å². The number of hydrogen-bond acceptors (Lipinski definition) is 3. The van der Waals surface area contributed by atoms with Crippen LogP contribution in [-0.2, 0) is 6.42 Å². The van der Waals surface area contributed by atoms with Gasteiger partial charge in [0, 0.05) is 12.2 Å². The Hall–Kier alpha value is -2.03. The lowest BCUT2D eigenvalue weighted by atomic mass is 10.2. The second-order valence-corrected chi connectivity index (χ2v) is 4.43. The van der Waals surface area contributed by atoms with Gasteiger partial charge in [0.2, 0.25) is 0 Å². The maximum Gasteiger partial charge on any atom is 0.133 e. The highest BCUT2D eigenvalue weighted by atomic mass is 15.2. The van der Waals surface area contributed by atoms with E-state index < -0.39 is 0 Å². The van der Waals surface area contributed by atoms with E-state index in [0.717, 1.165) is 30.0 Å². The highest BCUT2D eigenvalue weighted by Crippen LogP contribution is 2.33. The first-order valence-electron chi connectivity index (χ1n) is 5.83. The Morgan fingerprint density at radius 1 is 1.29 bits per heavy atom. The molecular formula is C14H15N3.